The first-order valence-electron chi connectivity index (χ1n) is 6.98. The Balaban J connectivity index is 2.03. The number of nitrogens with zero attached hydrogens (tertiary/aromatic N) is 2. The Morgan fingerprint density at radius 1 is 1.22 bits per heavy atom. The van der Waals surface area contributed by atoms with E-state index in [1.807, 2.05) is 35.8 Å². The predicted octanol–water partition coefficient (Wildman–Crippen LogP) is 2.83. The third-order valence-corrected chi connectivity index (χ3v) is 3.50. The van der Waals surface area contributed by atoms with Crippen LogP contribution in [0, 0.1) is 5.82 Å². The number of anilines is 1. The first kappa shape index (κ1) is 14.9. The maximum Gasteiger partial charge on any atom is 0.260 e. The van der Waals surface area contributed by atoms with Crippen molar-refractivity contribution in [2.45, 2.75) is 6.17 Å². The van der Waals surface area contributed by atoms with Crippen molar-refractivity contribution >= 4 is 24.0 Å². The van der Waals surface area contributed by atoms with E-state index in [1.54, 1.807) is 6.08 Å². The molecule has 0 aliphatic carbocycles. The van der Waals surface area contributed by atoms with Gasteiger partial charge in [0.1, 0.15) is 18.3 Å². The van der Waals surface area contributed by atoms with Gasteiger partial charge in [0.05, 0.1) is 5.69 Å². The van der Waals surface area contributed by atoms with Crippen molar-refractivity contribution < 1.29 is 14.4 Å². The summed E-state index contributed by atoms with van der Waals surface area (Å²) >= 11 is 0. The number of halogens is 1. The lowest BCUT2D eigenvalue weighted by Crippen LogP contribution is -2.40. The molecule has 1 atom stereocenters. The van der Waals surface area contributed by atoms with Crippen molar-refractivity contribution in [3.05, 3.63) is 71.6 Å². The van der Waals surface area contributed by atoms with Gasteiger partial charge in [0, 0.05) is 5.56 Å². The maximum absolute atomic E-state index is 13.1. The number of nitrogens with one attached hydrogen (secondary N) is 1. The molecule has 0 bridgehead atoms. The highest BCUT2D eigenvalue weighted by Crippen LogP contribution is 2.30. The Morgan fingerprint density at radius 3 is 2.70 bits per heavy atom. The molecule has 0 saturated carbocycles. The predicted molar refractivity (Wildman–Crippen MR) is 85.9 cm³/mol. The van der Waals surface area contributed by atoms with Crippen LogP contribution in [-0.2, 0) is 0 Å². The zero-order valence-corrected chi connectivity index (χ0v) is 12.1. The van der Waals surface area contributed by atoms with Gasteiger partial charge in [-0.3, -0.25) is 20.4 Å². The van der Waals surface area contributed by atoms with Gasteiger partial charge in [0.15, 0.2) is 0 Å². The Hall–Kier alpha value is -2.99. The molecule has 23 heavy (non-hydrogen) atoms. The summed E-state index contributed by atoms with van der Waals surface area (Å²) in [5.41, 5.74) is 3.77. The highest BCUT2D eigenvalue weighted by molar-refractivity contribution is 6.08. The van der Waals surface area contributed by atoms with Crippen molar-refractivity contribution in [3.63, 3.8) is 0 Å². The smallest absolute Gasteiger partial charge is 0.260 e. The summed E-state index contributed by atoms with van der Waals surface area (Å²) in [6.07, 6.45) is 4.11. The van der Waals surface area contributed by atoms with Crippen molar-refractivity contribution in [1.82, 2.24) is 5.48 Å². The van der Waals surface area contributed by atoms with E-state index in [2.05, 4.69) is 4.99 Å². The maximum atomic E-state index is 13.1. The van der Waals surface area contributed by atoms with Crippen LogP contribution in [0.1, 0.15) is 15.9 Å². The third-order valence-electron chi connectivity index (χ3n) is 3.50. The molecule has 1 heterocycles. The highest BCUT2D eigenvalue weighted by Gasteiger charge is 2.28. The monoisotopic (exact) mass is 311 g/mol. The third kappa shape index (κ3) is 2.97. The highest BCUT2D eigenvalue weighted by atomic mass is 19.1. The Morgan fingerprint density at radius 2 is 1.96 bits per heavy atom. The van der Waals surface area contributed by atoms with Crippen molar-refractivity contribution in [1.29, 1.82) is 0 Å². The van der Waals surface area contributed by atoms with Gasteiger partial charge in [-0.1, -0.05) is 24.3 Å². The molecule has 1 amide bonds. The van der Waals surface area contributed by atoms with E-state index in [0.29, 0.717) is 11.3 Å². The lowest BCUT2D eigenvalue weighted by atomic mass is 10.0. The fourth-order valence-electron chi connectivity index (χ4n) is 2.45. The molecule has 3 rings (SSSR count). The summed E-state index contributed by atoms with van der Waals surface area (Å²) in [5.74, 6) is -0.707. The molecule has 0 fully saturated rings. The van der Waals surface area contributed by atoms with Crippen LogP contribution < -0.4 is 10.4 Å². The van der Waals surface area contributed by atoms with E-state index in [-0.39, 0.29) is 5.91 Å². The number of hydroxylamine groups is 1. The van der Waals surface area contributed by atoms with Crippen molar-refractivity contribution in [2.75, 3.05) is 4.90 Å². The molecule has 1 aliphatic rings. The van der Waals surface area contributed by atoms with E-state index < -0.39 is 12.0 Å². The second-order valence-corrected chi connectivity index (χ2v) is 4.92. The average molecular weight is 311 g/mol. The first-order chi connectivity index (χ1) is 11.2. The average Bonchev–Trinajstić information content (AvgIpc) is 2.59. The van der Waals surface area contributed by atoms with Gasteiger partial charge < -0.3 is 0 Å². The van der Waals surface area contributed by atoms with Crippen LogP contribution in [-0.4, -0.2) is 23.6 Å². The van der Waals surface area contributed by atoms with Gasteiger partial charge in [-0.05, 0) is 42.0 Å². The van der Waals surface area contributed by atoms with Crippen LogP contribution in [0.5, 0.6) is 0 Å². The Labute approximate surface area is 132 Å². The SMILES string of the molecule is O=C(c1ccc(F)cc1)N1c2ccccc2C=CC1N=CNO. The second-order valence-electron chi connectivity index (χ2n) is 4.92. The number of carbonyl (C=O) groups excluding carboxylic acids is 1. The molecule has 1 aliphatic heterocycles. The lowest BCUT2D eigenvalue weighted by Gasteiger charge is -2.31. The quantitative estimate of drug-likeness (QED) is 0.520. The van der Waals surface area contributed by atoms with Crippen molar-refractivity contribution in [2.24, 2.45) is 4.99 Å². The molecule has 0 spiro atoms. The van der Waals surface area contributed by atoms with Gasteiger partial charge in [0.25, 0.3) is 5.91 Å². The Bertz CT molecular complexity index is 772. The summed E-state index contributed by atoms with van der Waals surface area (Å²) < 4.78 is 13.1. The van der Waals surface area contributed by atoms with Crippen LogP contribution in [0.2, 0.25) is 0 Å². The molecule has 0 radical (unpaired) electrons. The number of hydrogen-bond acceptors (Lipinski definition) is 3. The van der Waals surface area contributed by atoms with Crippen molar-refractivity contribution in [3.8, 4) is 0 Å². The minimum absolute atomic E-state index is 0.304. The fraction of sp³-hybridized carbons (Fsp3) is 0.0588. The summed E-state index contributed by atoms with van der Waals surface area (Å²) in [6, 6.07) is 12.8. The lowest BCUT2D eigenvalue weighted by molar-refractivity contribution is 0.0981. The van der Waals surface area contributed by atoms with E-state index in [1.165, 1.54) is 29.2 Å². The summed E-state index contributed by atoms with van der Waals surface area (Å²) in [5, 5.41) is 8.70. The number of amides is 1. The van der Waals surface area contributed by atoms with E-state index in [4.69, 9.17) is 5.21 Å². The standard InChI is InChI=1S/C17H14FN3O2/c18-14-8-5-13(6-9-14)17(22)21-15-4-2-1-3-12(15)7-10-16(21)19-11-20-23/h1-11,16,23H,(H,19,20). The van der Waals surface area contributed by atoms with Crippen LogP contribution in [0.25, 0.3) is 6.08 Å². The zero-order chi connectivity index (χ0) is 16.2. The molecule has 1 unspecified atom stereocenters. The van der Waals surface area contributed by atoms with Gasteiger partial charge >= 0.3 is 0 Å². The molecule has 5 nitrogen and oxygen atoms in total. The number of aliphatic imine (C=N–C) groups is 1. The summed E-state index contributed by atoms with van der Waals surface area (Å²) in [6.45, 7) is 0. The van der Waals surface area contributed by atoms with Crippen LogP contribution in [0.4, 0.5) is 10.1 Å². The number of hydrogen-bond donors (Lipinski definition) is 2. The fourth-order valence-corrected chi connectivity index (χ4v) is 2.45. The molecule has 6 heteroatoms. The molecule has 116 valence electrons. The minimum Gasteiger partial charge on any atom is -0.290 e. The number of para-hydroxylation sites is 1. The molecular formula is C17H14FN3O2. The summed E-state index contributed by atoms with van der Waals surface area (Å²) in [4.78, 5) is 18.5. The van der Waals surface area contributed by atoms with Gasteiger partial charge in [-0.2, -0.15) is 0 Å². The first-order valence-corrected chi connectivity index (χ1v) is 6.98. The number of fused-ring (bicyclic) bond motifs is 1. The van der Waals surface area contributed by atoms with Crippen LogP contribution in [0.15, 0.2) is 59.6 Å². The van der Waals surface area contributed by atoms with Crippen LogP contribution >= 0.6 is 0 Å². The van der Waals surface area contributed by atoms with E-state index >= 15 is 0 Å². The number of rotatable bonds is 3. The van der Waals surface area contributed by atoms with Gasteiger partial charge in [-0.15, -0.1) is 0 Å². The number of carbonyl (C=O) groups is 1. The molecule has 2 aromatic rings. The molecule has 2 aromatic carbocycles. The van der Waals surface area contributed by atoms with Gasteiger partial charge in [0.2, 0.25) is 0 Å². The van der Waals surface area contributed by atoms with Crippen LogP contribution in [0.3, 0.4) is 0 Å². The summed E-state index contributed by atoms with van der Waals surface area (Å²) in [7, 11) is 0. The Kier molecular flexibility index (Phi) is 4.16. The van der Waals surface area contributed by atoms with Gasteiger partial charge in [-0.25, -0.2) is 9.38 Å². The molecule has 0 aromatic heterocycles. The van der Waals surface area contributed by atoms with E-state index in [9.17, 15) is 9.18 Å². The molecule has 0 saturated heterocycles. The zero-order valence-electron chi connectivity index (χ0n) is 12.1. The normalized spacial score (nSPS) is 16.4. The minimum atomic E-state index is -0.609. The number of benzene rings is 2. The molecule has 2 N–H and O–H groups in total. The second kappa shape index (κ2) is 6.41. The topological polar surface area (TPSA) is 64.9 Å². The molecular weight excluding hydrogens is 297 g/mol. The van der Waals surface area contributed by atoms with E-state index in [0.717, 1.165) is 11.9 Å². The largest absolute Gasteiger partial charge is 0.290 e.